The number of rotatable bonds is 4. The number of carbonyl (C=O) groups excluding carboxylic acids is 1. The number of nitrogens with one attached hydrogen (secondary N) is 1. The molecule has 0 radical (unpaired) electrons. The van der Waals surface area contributed by atoms with Gasteiger partial charge in [-0.1, -0.05) is 35.5 Å². The maximum absolute atomic E-state index is 12.9. The Morgan fingerprint density at radius 2 is 2.04 bits per heavy atom. The lowest BCUT2D eigenvalue weighted by atomic mass is 10.2. The summed E-state index contributed by atoms with van der Waals surface area (Å²) in [5, 5.41) is 6.92. The average molecular weight is 380 g/mol. The van der Waals surface area contributed by atoms with Crippen LogP contribution in [0.3, 0.4) is 0 Å². The molecule has 4 rings (SSSR count). The minimum atomic E-state index is -0.335. The molecule has 0 spiro atoms. The summed E-state index contributed by atoms with van der Waals surface area (Å²) in [7, 11) is 0. The Bertz CT molecular complexity index is 1190. The molecule has 0 aliphatic heterocycles. The van der Waals surface area contributed by atoms with E-state index in [0.717, 1.165) is 5.56 Å². The van der Waals surface area contributed by atoms with E-state index < -0.39 is 0 Å². The van der Waals surface area contributed by atoms with Gasteiger partial charge in [0.25, 0.3) is 11.5 Å². The van der Waals surface area contributed by atoms with Crippen molar-refractivity contribution in [3.05, 3.63) is 74.8 Å². The smallest absolute Gasteiger partial charge is 0.267 e. The van der Waals surface area contributed by atoms with Crippen LogP contribution in [-0.4, -0.2) is 20.6 Å². The number of hydrogen-bond donors (Lipinski definition) is 1. The molecule has 1 amide bonds. The van der Waals surface area contributed by atoms with E-state index >= 15 is 0 Å². The fourth-order valence-electron chi connectivity index (χ4n) is 2.87. The van der Waals surface area contributed by atoms with E-state index in [1.807, 2.05) is 30.3 Å². The number of amides is 1. The van der Waals surface area contributed by atoms with Crippen LogP contribution in [0.15, 0.2) is 52.0 Å². The lowest BCUT2D eigenvalue weighted by Gasteiger charge is -2.05. The van der Waals surface area contributed by atoms with Crippen molar-refractivity contribution in [3.63, 3.8) is 0 Å². The predicted molar refractivity (Wildman–Crippen MR) is 103 cm³/mol. The van der Waals surface area contributed by atoms with E-state index in [9.17, 15) is 9.59 Å². The molecule has 3 aromatic heterocycles. The van der Waals surface area contributed by atoms with Gasteiger partial charge in [0.05, 0.1) is 23.1 Å². The number of thiophene rings is 1. The van der Waals surface area contributed by atoms with Crippen LogP contribution in [-0.2, 0) is 6.54 Å². The second-order valence-corrected chi connectivity index (χ2v) is 7.18. The Kier molecular flexibility index (Phi) is 4.33. The van der Waals surface area contributed by atoms with E-state index in [0.29, 0.717) is 38.8 Å². The molecule has 0 saturated carbocycles. The maximum Gasteiger partial charge on any atom is 0.267 e. The number of fused-ring (bicyclic) bond motifs is 1. The van der Waals surface area contributed by atoms with Crippen molar-refractivity contribution >= 4 is 33.3 Å². The van der Waals surface area contributed by atoms with Crippen molar-refractivity contribution in [2.24, 2.45) is 0 Å². The van der Waals surface area contributed by atoms with Gasteiger partial charge >= 0.3 is 0 Å². The van der Waals surface area contributed by atoms with Crippen LogP contribution < -0.4 is 10.9 Å². The molecular formula is C19H16N4O3S. The van der Waals surface area contributed by atoms with Crippen molar-refractivity contribution in [2.75, 3.05) is 5.32 Å². The van der Waals surface area contributed by atoms with Gasteiger partial charge in [-0.25, -0.2) is 4.98 Å². The largest absolute Gasteiger partial charge is 0.360 e. The van der Waals surface area contributed by atoms with Crippen molar-refractivity contribution < 1.29 is 9.32 Å². The van der Waals surface area contributed by atoms with Crippen LogP contribution in [0.5, 0.6) is 0 Å². The van der Waals surface area contributed by atoms with Crippen LogP contribution in [0.1, 0.15) is 26.6 Å². The van der Waals surface area contributed by atoms with Gasteiger partial charge in [-0.3, -0.25) is 14.2 Å². The van der Waals surface area contributed by atoms with E-state index in [4.69, 9.17) is 4.52 Å². The highest BCUT2D eigenvalue weighted by Gasteiger charge is 2.20. The Morgan fingerprint density at radius 3 is 2.74 bits per heavy atom. The van der Waals surface area contributed by atoms with E-state index in [-0.39, 0.29) is 11.5 Å². The average Bonchev–Trinajstić information content (AvgIpc) is 3.22. The molecule has 136 valence electrons. The number of carbonyl (C=O) groups is 1. The Hall–Kier alpha value is -3.26. The molecule has 8 heteroatoms. The fraction of sp³-hybridized carbons (Fsp3) is 0.158. The lowest BCUT2D eigenvalue weighted by molar-refractivity contribution is 0.102. The predicted octanol–water partition coefficient (Wildman–Crippen LogP) is 3.36. The maximum atomic E-state index is 12.9. The van der Waals surface area contributed by atoms with E-state index in [1.54, 1.807) is 24.5 Å². The summed E-state index contributed by atoms with van der Waals surface area (Å²) in [6.07, 6.45) is 1.52. The molecule has 0 bridgehead atoms. The molecule has 1 aromatic carbocycles. The van der Waals surface area contributed by atoms with Crippen molar-refractivity contribution in [1.82, 2.24) is 14.7 Å². The Labute approximate surface area is 158 Å². The van der Waals surface area contributed by atoms with Gasteiger partial charge in [0.15, 0.2) is 5.82 Å². The molecule has 1 N–H and O–H groups in total. The first-order valence-corrected chi connectivity index (χ1v) is 9.11. The number of anilines is 1. The van der Waals surface area contributed by atoms with Gasteiger partial charge in [0.1, 0.15) is 10.6 Å². The minimum Gasteiger partial charge on any atom is -0.360 e. The van der Waals surface area contributed by atoms with Crippen LogP contribution in [0.2, 0.25) is 0 Å². The van der Waals surface area contributed by atoms with E-state index in [1.165, 1.54) is 17.7 Å². The first-order valence-electron chi connectivity index (χ1n) is 8.30. The second-order valence-electron chi connectivity index (χ2n) is 6.18. The number of benzene rings is 1. The molecule has 0 saturated heterocycles. The molecular weight excluding hydrogens is 364 g/mol. The van der Waals surface area contributed by atoms with Crippen molar-refractivity contribution in [1.29, 1.82) is 0 Å². The van der Waals surface area contributed by atoms with Gasteiger partial charge in [-0.05, 0) is 25.0 Å². The molecule has 0 unspecified atom stereocenters. The summed E-state index contributed by atoms with van der Waals surface area (Å²) in [5.41, 5.74) is 1.47. The molecule has 0 aliphatic carbocycles. The molecule has 3 heterocycles. The van der Waals surface area contributed by atoms with Crippen molar-refractivity contribution in [2.45, 2.75) is 20.4 Å². The number of aryl methyl sites for hydroxylation is 2. The zero-order valence-corrected chi connectivity index (χ0v) is 15.5. The summed E-state index contributed by atoms with van der Waals surface area (Å²) in [6.45, 7) is 3.93. The normalized spacial score (nSPS) is 11.0. The monoisotopic (exact) mass is 380 g/mol. The first-order chi connectivity index (χ1) is 13.0. The summed E-state index contributed by atoms with van der Waals surface area (Å²) < 4.78 is 6.51. The highest BCUT2D eigenvalue weighted by Crippen LogP contribution is 2.27. The standard InChI is InChI=1S/C19H16N4O3S/c1-11-8-14(22-26-11)21-17(24)16-12(2)15-18(27-16)20-10-23(19(15)25)9-13-6-4-3-5-7-13/h3-8,10H,9H2,1-2H3,(H,21,22,24). The van der Waals surface area contributed by atoms with Gasteiger partial charge in [0, 0.05) is 6.07 Å². The topological polar surface area (TPSA) is 90.0 Å². The van der Waals surface area contributed by atoms with Crippen LogP contribution >= 0.6 is 11.3 Å². The third kappa shape index (κ3) is 3.26. The van der Waals surface area contributed by atoms with Gasteiger partial charge in [-0.2, -0.15) is 0 Å². The van der Waals surface area contributed by atoms with Crippen LogP contribution in [0, 0.1) is 13.8 Å². The number of nitrogens with zero attached hydrogens (tertiary/aromatic N) is 3. The molecule has 4 aromatic rings. The second kappa shape index (κ2) is 6.81. The molecule has 0 fully saturated rings. The Balaban J connectivity index is 1.70. The molecule has 27 heavy (non-hydrogen) atoms. The van der Waals surface area contributed by atoms with Gasteiger partial charge in [0.2, 0.25) is 0 Å². The fourth-order valence-corrected chi connectivity index (χ4v) is 3.90. The van der Waals surface area contributed by atoms with Crippen molar-refractivity contribution in [3.8, 4) is 0 Å². The molecule has 7 nitrogen and oxygen atoms in total. The summed E-state index contributed by atoms with van der Waals surface area (Å²) in [5.74, 6) is 0.602. The van der Waals surface area contributed by atoms with Crippen LogP contribution in [0.25, 0.3) is 10.2 Å². The van der Waals surface area contributed by atoms with Crippen LogP contribution in [0.4, 0.5) is 5.82 Å². The molecule has 0 aliphatic rings. The lowest BCUT2D eigenvalue weighted by Crippen LogP contribution is -2.21. The highest BCUT2D eigenvalue weighted by molar-refractivity contribution is 7.20. The Morgan fingerprint density at radius 1 is 1.26 bits per heavy atom. The third-order valence-electron chi connectivity index (χ3n) is 4.19. The van der Waals surface area contributed by atoms with Gasteiger partial charge < -0.3 is 9.84 Å². The first kappa shape index (κ1) is 17.2. The van der Waals surface area contributed by atoms with E-state index in [2.05, 4.69) is 15.5 Å². The van der Waals surface area contributed by atoms with Gasteiger partial charge in [-0.15, -0.1) is 11.3 Å². The quantitative estimate of drug-likeness (QED) is 0.586. The number of aromatic nitrogens is 3. The highest BCUT2D eigenvalue weighted by atomic mass is 32.1. The molecule has 0 atom stereocenters. The summed E-state index contributed by atoms with van der Waals surface area (Å²) >= 11 is 1.19. The SMILES string of the molecule is Cc1cc(NC(=O)c2sc3ncn(Cc4ccccc4)c(=O)c3c2C)no1. The third-order valence-corrected chi connectivity index (χ3v) is 5.39. The zero-order chi connectivity index (χ0) is 19.0. The summed E-state index contributed by atoms with van der Waals surface area (Å²) in [4.78, 5) is 30.9. The minimum absolute atomic E-state index is 0.158. The summed E-state index contributed by atoms with van der Waals surface area (Å²) in [6, 6.07) is 11.3. The zero-order valence-electron chi connectivity index (χ0n) is 14.7. The number of hydrogen-bond acceptors (Lipinski definition) is 6.